The van der Waals surface area contributed by atoms with Crippen LogP contribution in [0.5, 0.6) is 0 Å². The zero-order valence-electron chi connectivity index (χ0n) is 12.2. The second-order valence-electron chi connectivity index (χ2n) is 4.82. The van der Waals surface area contributed by atoms with Crippen LogP contribution in [0.3, 0.4) is 0 Å². The van der Waals surface area contributed by atoms with Crippen molar-refractivity contribution < 1.29 is 0 Å². The first-order valence-electron chi connectivity index (χ1n) is 7.29. The van der Waals surface area contributed by atoms with Crippen molar-refractivity contribution >= 4 is 0 Å². The van der Waals surface area contributed by atoms with Gasteiger partial charge < -0.3 is 5.32 Å². The van der Waals surface area contributed by atoms with E-state index in [9.17, 15) is 0 Å². The Morgan fingerprint density at radius 1 is 1.06 bits per heavy atom. The van der Waals surface area contributed by atoms with Gasteiger partial charge in [-0.25, -0.2) is 0 Å². The monoisotopic (exact) mass is 248 g/mol. The van der Waals surface area contributed by atoms with E-state index < -0.39 is 0 Å². The van der Waals surface area contributed by atoms with Crippen LogP contribution in [0.4, 0.5) is 0 Å². The van der Waals surface area contributed by atoms with E-state index in [4.69, 9.17) is 0 Å². The van der Waals surface area contributed by atoms with Gasteiger partial charge in [-0.15, -0.1) is 0 Å². The Bertz CT molecular complexity index is 293. The summed E-state index contributed by atoms with van der Waals surface area (Å²) in [5.74, 6) is 0. The molecule has 1 rings (SSSR count). The molecule has 1 N–H and O–H groups in total. The smallest absolute Gasteiger partial charge is 0.0234 e. The van der Waals surface area contributed by atoms with Gasteiger partial charge in [-0.2, -0.15) is 0 Å². The van der Waals surface area contributed by atoms with Crippen LogP contribution in [0, 0.1) is 0 Å². The Hall–Kier alpha value is -0.860. The first-order chi connectivity index (χ1) is 8.80. The third kappa shape index (κ3) is 5.65. The van der Waals surface area contributed by atoms with Crippen molar-refractivity contribution in [2.45, 2.75) is 46.2 Å². The van der Waals surface area contributed by atoms with Gasteiger partial charge in [-0.05, 0) is 24.9 Å². The lowest BCUT2D eigenvalue weighted by atomic mass is 10.2. The van der Waals surface area contributed by atoms with E-state index >= 15 is 0 Å². The fourth-order valence-corrected chi connectivity index (χ4v) is 2.19. The summed E-state index contributed by atoms with van der Waals surface area (Å²) in [4.78, 5) is 2.49. The summed E-state index contributed by atoms with van der Waals surface area (Å²) in [5.41, 5.74) is 1.40. The van der Waals surface area contributed by atoms with Crippen molar-refractivity contribution in [1.29, 1.82) is 0 Å². The van der Waals surface area contributed by atoms with Crippen LogP contribution in [0.15, 0.2) is 30.3 Å². The van der Waals surface area contributed by atoms with E-state index in [-0.39, 0.29) is 0 Å². The Labute approximate surface area is 112 Å². The summed E-state index contributed by atoms with van der Waals surface area (Å²) < 4.78 is 0. The number of hydrogen-bond donors (Lipinski definition) is 1. The molecule has 0 unspecified atom stereocenters. The average molecular weight is 248 g/mol. The quantitative estimate of drug-likeness (QED) is 0.721. The van der Waals surface area contributed by atoms with Crippen molar-refractivity contribution in [2.24, 2.45) is 0 Å². The molecule has 2 nitrogen and oxygen atoms in total. The van der Waals surface area contributed by atoms with Crippen LogP contribution in [-0.2, 0) is 6.54 Å². The molecule has 0 radical (unpaired) electrons. The molecule has 18 heavy (non-hydrogen) atoms. The molecule has 0 spiro atoms. The second kappa shape index (κ2) is 9.12. The van der Waals surface area contributed by atoms with Gasteiger partial charge in [-0.3, -0.25) is 4.90 Å². The fourth-order valence-electron chi connectivity index (χ4n) is 2.19. The van der Waals surface area contributed by atoms with Gasteiger partial charge in [0.25, 0.3) is 0 Å². The van der Waals surface area contributed by atoms with Gasteiger partial charge in [0.15, 0.2) is 0 Å². The molecule has 102 valence electrons. The maximum Gasteiger partial charge on any atom is 0.0234 e. The first-order valence-corrected chi connectivity index (χ1v) is 7.29. The van der Waals surface area contributed by atoms with Crippen molar-refractivity contribution in [3.05, 3.63) is 35.9 Å². The highest BCUT2D eigenvalue weighted by molar-refractivity contribution is 5.14. The number of rotatable bonds is 9. The third-order valence-corrected chi connectivity index (χ3v) is 3.54. The van der Waals surface area contributed by atoms with Gasteiger partial charge in [0.1, 0.15) is 0 Å². The zero-order valence-corrected chi connectivity index (χ0v) is 12.2. The largest absolute Gasteiger partial charge is 0.313 e. The minimum Gasteiger partial charge on any atom is -0.313 e. The molecular formula is C16H28N2. The van der Waals surface area contributed by atoms with Gasteiger partial charge in [0, 0.05) is 25.7 Å². The topological polar surface area (TPSA) is 15.3 Å². The van der Waals surface area contributed by atoms with Crippen molar-refractivity contribution in [3.8, 4) is 0 Å². The van der Waals surface area contributed by atoms with Crippen LogP contribution in [0.2, 0.25) is 0 Å². The molecule has 0 saturated carbocycles. The lowest BCUT2D eigenvalue weighted by molar-refractivity contribution is 0.272. The Morgan fingerprint density at radius 3 is 2.28 bits per heavy atom. The molecule has 0 bridgehead atoms. The maximum absolute atomic E-state index is 3.63. The molecule has 0 aliphatic heterocycles. The Kier molecular flexibility index (Phi) is 7.70. The van der Waals surface area contributed by atoms with E-state index in [2.05, 4.69) is 61.3 Å². The Balaban J connectivity index is 2.29. The van der Waals surface area contributed by atoms with E-state index in [1.807, 2.05) is 0 Å². The molecule has 0 saturated heterocycles. The maximum atomic E-state index is 3.63. The predicted molar refractivity (Wildman–Crippen MR) is 79.8 cm³/mol. The van der Waals surface area contributed by atoms with E-state index in [0.29, 0.717) is 6.04 Å². The van der Waals surface area contributed by atoms with Crippen LogP contribution in [0.1, 0.15) is 39.2 Å². The summed E-state index contributed by atoms with van der Waals surface area (Å²) in [6.07, 6.45) is 2.45. The number of hydrogen-bond acceptors (Lipinski definition) is 2. The van der Waals surface area contributed by atoms with Crippen molar-refractivity contribution in [2.75, 3.05) is 19.6 Å². The molecule has 0 amide bonds. The molecule has 0 aromatic heterocycles. The summed E-state index contributed by atoms with van der Waals surface area (Å²) in [5, 5.41) is 3.63. The molecular weight excluding hydrogens is 220 g/mol. The molecule has 0 aliphatic carbocycles. The van der Waals surface area contributed by atoms with Gasteiger partial charge >= 0.3 is 0 Å². The summed E-state index contributed by atoms with van der Waals surface area (Å²) >= 11 is 0. The highest BCUT2D eigenvalue weighted by Gasteiger charge is 2.05. The Morgan fingerprint density at radius 2 is 1.72 bits per heavy atom. The fraction of sp³-hybridized carbons (Fsp3) is 0.625. The molecule has 2 heteroatoms. The summed E-state index contributed by atoms with van der Waals surface area (Å²) in [7, 11) is 0. The molecule has 0 atom stereocenters. The van der Waals surface area contributed by atoms with Gasteiger partial charge in [0.05, 0.1) is 0 Å². The average Bonchev–Trinajstić information content (AvgIpc) is 2.43. The van der Waals surface area contributed by atoms with Crippen LogP contribution < -0.4 is 5.32 Å². The number of likely N-dealkylation sites (N-methyl/N-ethyl adjacent to an activating group) is 1. The van der Waals surface area contributed by atoms with Crippen molar-refractivity contribution in [3.63, 3.8) is 0 Å². The molecule has 0 heterocycles. The molecule has 1 aromatic rings. The van der Waals surface area contributed by atoms with E-state index in [0.717, 1.165) is 26.2 Å². The SMILES string of the molecule is CCC(CC)NCCN(CC)Cc1ccccc1. The summed E-state index contributed by atoms with van der Waals surface area (Å²) in [6, 6.07) is 11.4. The van der Waals surface area contributed by atoms with E-state index in [1.165, 1.54) is 18.4 Å². The van der Waals surface area contributed by atoms with Crippen LogP contribution in [0.25, 0.3) is 0 Å². The highest BCUT2D eigenvalue weighted by atomic mass is 15.1. The molecule has 0 fully saturated rings. The second-order valence-corrected chi connectivity index (χ2v) is 4.82. The van der Waals surface area contributed by atoms with Gasteiger partial charge in [-0.1, -0.05) is 51.1 Å². The zero-order chi connectivity index (χ0) is 13.2. The minimum atomic E-state index is 0.681. The van der Waals surface area contributed by atoms with Crippen LogP contribution >= 0.6 is 0 Å². The number of benzene rings is 1. The number of nitrogens with one attached hydrogen (secondary N) is 1. The first kappa shape index (κ1) is 15.2. The van der Waals surface area contributed by atoms with Crippen molar-refractivity contribution in [1.82, 2.24) is 10.2 Å². The summed E-state index contributed by atoms with van der Waals surface area (Å²) in [6.45, 7) is 11.1. The predicted octanol–water partition coefficient (Wildman–Crippen LogP) is 3.29. The van der Waals surface area contributed by atoms with E-state index in [1.54, 1.807) is 0 Å². The lowest BCUT2D eigenvalue weighted by Gasteiger charge is -2.22. The van der Waals surface area contributed by atoms with Gasteiger partial charge in [0.2, 0.25) is 0 Å². The highest BCUT2D eigenvalue weighted by Crippen LogP contribution is 2.03. The van der Waals surface area contributed by atoms with Crippen LogP contribution in [-0.4, -0.2) is 30.6 Å². The number of nitrogens with zero attached hydrogens (tertiary/aromatic N) is 1. The third-order valence-electron chi connectivity index (χ3n) is 3.54. The molecule has 0 aliphatic rings. The standard InChI is InChI=1S/C16H28N2/c1-4-16(5-2)17-12-13-18(6-3)14-15-10-8-7-9-11-15/h7-11,16-17H,4-6,12-14H2,1-3H3. The minimum absolute atomic E-state index is 0.681. The normalized spacial score (nSPS) is 11.4. The lowest BCUT2D eigenvalue weighted by Crippen LogP contribution is -2.36. The molecule has 1 aromatic carbocycles.